The van der Waals surface area contributed by atoms with Gasteiger partial charge in [0, 0.05) is 16.6 Å². The number of rotatable bonds is 1. The molecule has 1 atom stereocenters. The molecule has 0 saturated heterocycles. The molecule has 0 radical (unpaired) electrons. The number of carbonyl (C=O) groups is 1. The van der Waals surface area contributed by atoms with E-state index in [1.54, 1.807) is 6.08 Å². The van der Waals surface area contributed by atoms with Gasteiger partial charge < -0.3 is 10.5 Å². The topological polar surface area (TPSA) is 77.0 Å². The van der Waals surface area contributed by atoms with Gasteiger partial charge in [-0.1, -0.05) is 0 Å². The third-order valence-corrected chi connectivity index (χ3v) is 4.02. The van der Waals surface area contributed by atoms with Gasteiger partial charge in [0.2, 0.25) is 0 Å². The van der Waals surface area contributed by atoms with E-state index in [9.17, 15) is 4.79 Å². The number of azo groups is 1. The van der Waals surface area contributed by atoms with Gasteiger partial charge in [0.15, 0.2) is 5.76 Å². The van der Waals surface area contributed by atoms with Crippen LogP contribution in [0.5, 0.6) is 0 Å². The molecule has 5 nitrogen and oxygen atoms in total. The molecule has 0 bridgehead atoms. The molecule has 1 unspecified atom stereocenters. The average Bonchev–Trinajstić information content (AvgIpc) is 2.77. The second-order valence-corrected chi connectivity index (χ2v) is 5.03. The van der Waals surface area contributed by atoms with Gasteiger partial charge in [-0.15, -0.1) is 0 Å². The zero-order valence-corrected chi connectivity index (χ0v) is 9.14. The smallest absolute Gasteiger partial charge is 0.283 e. The first-order valence-electron chi connectivity index (χ1n) is 5.74. The first-order chi connectivity index (χ1) is 8.20. The summed E-state index contributed by atoms with van der Waals surface area (Å²) in [6, 6.07) is 0. The van der Waals surface area contributed by atoms with Crippen LogP contribution in [0.1, 0.15) is 19.3 Å². The minimum atomic E-state index is -0.516. The minimum absolute atomic E-state index is 0.0656. The number of allylic oxidation sites excluding steroid dienone is 1. The second-order valence-electron chi connectivity index (χ2n) is 5.03. The lowest BCUT2D eigenvalue weighted by Crippen LogP contribution is -2.25. The molecule has 2 N–H and O–H groups in total. The van der Waals surface area contributed by atoms with Gasteiger partial charge in [-0.2, -0.15) is 10.2 Å². The Morgan fingerprint density at radius 1 is 1.53 bits per heavy atom. The van der Waals surface area contributed by atoms with Crippen LogP contribution in [0.3, 0.4) is 0 Å². The first-order valence-corrected chi connectivity index (χ1v) is 5.74. The molecule has 2 heterocycles. The number of ether oxygens (including phenoxy) is 1. The first kappa shape index (κ1) is 9.15. The Morgan fingerprint density at radius 3 is 3.06 bits per heavy atom. The fourth-order valence-corrected chi connectivity index (χ4v) is 2.94. The highest BCUT2D eigenvalue weighted by molar-refractivity contribution is 5.91. The summed E-state index contributed by atoms with van der Waals surface area (Å²) in [5.41, 5.74) is 8.53. The van der Waals surface area contributed by atoms with E-state index < -0.39 is 5.91 Å². The quantitative estimate of drug-likeness (QED) is 0.740. The Hall–Kier alpha value is -1.91. The van der Waals surface area contributed by atoms with Crippen molar-refractivity contribution in [1.29, 1.82) is 0 Å². The Balaban J connectivity index is 1.85. The van der Waals surface area contributed by atoms with E-state index in [-0.39, 0.29) is 17.3 Å². The molecular formula is C12H11N3O2. The van der Waals surface area contributed by atoms with Crippen LogP contribution in [0.15, 0.2) is 45.1 Å². The van der Waals surface area contributed by atoms with Gasteiger partial charge in [-0.25, -0.2) is 0 Å². The molecule has 2 aliphatic carbocycles. The van der Waals surface area contributed by atoms with Crippen LogP contribution < -0.4 is 5.73 Å². The van der Waals surface area contributed by atoms with E-state index in [1.165, 1.54) is 5.57 Å². The van der Waals surface area contributed by atoms with Gasteiger partial charge in [0.1, 0.15) is 6.10 Å². The number of hydrogen-bond donors (Lipinski definition) is 1. The lowest BCUT2D eigenvalue weighted by Gasteiger charge is -2.28. The molecule has 86 valence electrons. The van der Waals surface area contributed by atoms with Gasteiger partial charge in [-0.3, -0.25) is 4.79 Å². The van der Waals surface area contributed by atoms with Crippen molar-refractivity contribution in [2.75, 3.05) is 0 Å². The van der Waals surface area contributed by atoms with Crippen LogP contribution in [-0.4, -0.2) is 12.0 Å². The van der Waals surface area contributed by atoms with Gasteiger partial charge in [-0.05, 0) is 25.3 Å². The summed E-state index contributed by atoms with van der Waals surface area (Å²) in [5, 5.41) is 8.16. The molecular weight excluding hydrogens is 218 g/mol. The average molecular weight is 229 g/mol. The molecule has 0 aromatic carbocycles. The molecule has 2 aliphatic heterocycles. The zero-order chi connectivity index (χ0) is 11.6. The number of nitrogens with zero attached hydrogens (tertiary/aromatic N) is 2. The summed E-state index contributed by atoms with van der Waals surface area (Å²) in [7, 11) is 0. The van der Waals surface area contributed by atoms with Crippen LogP contribution in [0.25, 0.3) is 0 Å². The van der Waals surface area contributed by atoms with Crippen molar-refractivity contribution in [3.05, 3.63) is 34.9 Å². The number of hydrogen-bond acceptors (Lipinski definition) is 4. The summed E-state index contributed by atoms with van der Waals surface area (Å²) in [4.78, 5) is 11.2. The van der Waals surface area contributed by atoms with Crippen molar-refractivity contribution in [3.63, 3.8) is 0 Å². The molecule has 17 heavy (non-hydrogen) atoms. The van der Waals surface area contributed by atoms with Crippen molar-refractivity contribution in [2.45, 2.75) is 25.4 Å². The Morgan fingerprint density at radius 2 is 2.35 bits per heavy atom. The maximum absolute atomic E-state index is 11.2. The van der Waals surface area contributed by atoms with Crippen LogP contribution in [0.2, 0.25) is 0 Å². The predicted molar refractivity (Wildman–Crippen MR) is 58.4 cm³/mol. The molecule has 1 spiro atoms. The lowest BCUT2D eigenvalue weighted by molar-refractivity contribution is -0.118. The van der Waals surface area contributed by atoms with E-state index in [1.807, 2.05) is 6.20 Å². The Kier molecular flexibility index (Phi) is 1.44. The predicted octanol–water partition coefficient (Wildman–Crippen LogP) is 1.54. The SMILES string of the molecule is NC(=O)C1=CC2=C3N=NC=C3C3(CC3)CC2O1. The molecule has 0 aromatic heterocycles. The zero-order valence-electron chi connectivity index (χ0n) is 9.14. The monoisotopic (exact) mass is 229 g/mol. The molecule has 4 rings (SSSR count). The fourth-order valence-electron chi connectivity index (χ4n) is 2.94. The standard InChI is InChI=1S/C12H11N3O2/c13-11(16)8-3-6-9(17-8)4-12(1-2-12)7-5-14-15-10(6)7/h3,5,9H,1-2,4H2,(H2,13,16). The highest BCUT2D eigenvalue weighted by Crippen LogP contribution is 2.63. The number of primary amides is 1. The third-order valence-electron chi connectivity index (χ3n) is 4.02. The number of fused-ring (bicyclic) bond motifs is 3. The largest absolute Gasteiger partial charge is 0.480 e. The van der Waals surface area contributed by atoms with Gasteiger partial charge in [0.05, 0.1) is 11.9 Å². The number of nitrogens with two attached hydrogens (primary N) is 1. The van der Waals surface area contributed by atoms with Crippen molar-refractivity contribution >= 4 is 5.91 Å². The van der Waals surface area contributed by atoms with E-state index in [0.29, 0.717) is 0 Å². The van der Waals surface area contributed by atoms with E-state index >= 15 is 0 Å². The highest BCUT2D eigenvalue weighted by atomic mass is 16.5. The molecule has 1 saturated carbocycles. The van der Waals surface area contributed by atoms with Crippen molar-refractivity contribution in [2.24, 2.45) is 21.4 Å². The highest BCUT2D eigenvalue weighted by Gasteiger charge is 2.55. The summed E-state index contributed by atoms with van der Waals surface area (Å²) in [6.07, 6.45) is 6.73. The van der Waals surface area contributed by atoms with E-state index in [0.717, 1.165) is 30.5 Å². The molecule has 1 amide bonds. The Bertz CT molecular complexity index is 564. The van der Waals surface area contributed by atoms with E-state index in [4.69, 9.17) is 10.5 Å². The maximum atomic E-state index is 11.2. The minimum Gasteiger partial charge on any atom is -0.480 e. The van der Waals surface area contributed by atoms with Crippen molar-refractivity contribution < 1.29 is 9.53 Å². The number of carbonyl (C=O) groups excluding carboxylic acids is 1. The van der Waals surface area contributed by atoms with Crippen LogP contribution in [-0.2, 0) is 9.53 Å². The molecule has 5 heteroatoms. The normalized spacial score (nSPS) is 30.7. The molecule has 4 aliphatic rings. The second kappa shape index (κ2) is 2.67. The van der Waals surface area contributed by atoms with Gasteiger partial charge >= 0.3 is 0 Å². The third kappa shape index (κ3) is 1.06. The maximum Gasteiger partial charge on any atom is 0.283 e. The lowest BCUT2D eigenvalue weighted by atomic mass is 9.79. The van der Waals surface area contributed by atoms with Crippen LogP contribution in [0, 0.1) is 5.41 Å². The fraction of sp³-hybridized carbons (Fsp3) is 0.417. The summed E-state index contributed by atoms with van der Waals surface area (Å²) in [5.74, 6) is -0.269. The van der Waals surface area contributed by atoms with Gasteiger partial charge in [0.25, 0.3) is 5.91 Å². The van der Waals surface area contributed by atoms with E-state index in [2.05, 4.69) is 10.2 Å². The number of amides is 1. The summed E-state index contributed by atoms with van der Waals surface area (Å²) >= 11 is 0. The van der Waals surface area contributed by atoms with Crippen molar-refractivity contribution in [1.82, 2.24) is 0 Å². The molecule has 0 aromatic rings. The summed E-state index contributed by atoms with van der Waals surface area (Å²) in [6.45, 7) is 0. The molecule has 1 fully saturated rings. The summed E-state index contributed by atoms with van der Waals surface area (Å²) < 4.78 is 5.61. The Labute approximate surface area is 97.7 Å². The van der Waals surface area contributed by atoms with Crippen LogP contribution >= 0.6 is 0 Å². The van der Waals surface area contributed by atoms with Crippen LogP contribution in [0.4, 0.5) is 0 Å². The van der Waals surface area contributed by atoms with Crippen molar-refractivity contribution in [3.8, 4) is 0 Å².